The molecule has 0 saturated carbocycles. The monoisotopic (exact) mass is 323 g/mol. The molecule has 1 aliphatic rings. The summed E-state index contributed by atoms with van der Waals surface area (Å²) in [4.78, 5) is 12.4. The van der Waals surface area contributed by atoms with Gasteiger partial charge < -0.3 is 5.21 Å². The molecule has 0 aliphatic carbocycles. The number of carbonyl (C=O) groups is 1. The molecule has 1 heterocycles. The minimum atomic E-state index is -0.749. The lowest BCUT2D eigenvalue weighted by Crippen LogP contribution is -2.51. The summed E-state index contributed by atoms with van der Waals surface area (Å²) in [6, 6.07) is 0. The Labute approximate surface area is 130 Å². The summed E-state index contributed by atoms with van der Waals surface area (Å²) < 4.78 is 0. The Morgan fingerprint density at radius 2 is 1.80 bits per heavy atom. The van der Waals surface area contributed by atoms with E-state index in [-0.39, 0.29) is 5.91 Å². The lowest BCUT2D eigenvalue weighted by atomic mass is 9.96. The second-order valence-electron chi connectivity index (χ2n) is 5.89. The highest BCUT2D eigenvalue weighted by molar-refractivity contribution is 6.18. The summed E-state index contributed by atoms with van der Waals surface area (Å²) >= 11 is 11.4. The molecular formula is C13H23Cl2N3O2. The lowest BCUT2D eigenvalue weighted by Gasteiger charge is -2.36. The van der Waals surface area contributed by atoms with E-state index in [0.29, 0.717) is 30.4 Å². The fourth-order valence-electron chi connectivity index (χ4n) is 2.40. The Bertz CT molecular complexity index is 391. The number of rotatable bonds is 6. The highest BCUT2D eigenvalue weighted by Crippen LogP contribution is 2.38. The van der Waals surface area contributed by atoms with Crippen LogP contribution in [0.15, 0.2) is 11.6 Å². The Kier molecular flexibility index (Phi) is 5.87. The van der Waals surface area contributed by atoms with Crippen molar-refractivity contribution in [1.29, 1.82) is 0 Å². The molecule has 0 fully saturated rings. The molecule has 0 unspecified atom stereocenters. The van der Waals surface area contributed by atoms with Crippen molar-refractivity contribution in [3.8, 4) is 0 Å². The first kappa shape index (κ1) is 17.7. The highest BCUT2D eigenvalue weighted by atomic mass is 35.5. The van der Waals surface area contributed by atoms with E-state index in [0.717, 1.165) is 0 Å². The standard InChI is InChI=1S/C13H23Cl2N3O2/c1-12(2)9-10(13(3,4)18(12)20)11(19)16-17(7-5-14)8-6-15/h9,20H,5-8H2,1-4H3,(H,16,19). The van der Waals surface area contributed by atoms with Gasteiger partial charge in [-0.3, -0.25) is 10.2 Å². The summed E-state index contributed by atoms with van der Waals surface area (Å²) in [6.07, 6.45) is 1.78. The zero-order valence-electron chi connectivity index (χ0n) is 12.4. The molecule has 1 rings (SSSR count). The zero-order chi connectivity index (χ0) is 15.6. The van der Waals surface area contributed by atoms with Crippen molar-refractivity contribution >= 4 is 29.1 Å². The van der Waals surface area contributed by atoms with Gasteiger partial charge in [0.1, 0.15) is 0 Å². The van der Waals surface area contributed by atoms with Crippen molar-refractivity contribution in [2.75, 3.05) is 24.8 Å². The van der Waals surface area contributed by atoms with Gasteiger partial charge in [-0.15, -0.1) is 23.2 Å². The van der Waals surface area contributed by atoms with E-state index in [4.69, 9.17) is 23.2 Å². The van der Waals surface area contributed by atoms with E-state index in [1.165, 1.54) is 5.06 Å². The normalized spacial score (nSPS) is 21.1. The van der Waals surface area contributed by atoms with Gasteiger partial charge in [0.25, 0.3) is 5.91 Å². The molecule has 0 spiro atoms. The molecule has 0 radical (unpaired) electrons. The Hall–Kier alpha value is -0.330. The third kappa shape index (κ3) is 3.65. The van der Waals surface area contributed by atoms with Crippen molar-refractivity contribution in [2.24, 2.45) is 0 Å². The van der Waals surface area contributed by atoms with Gasteiger partial charge in [-0.2, -0.15) is 5.06 Å². The molecule has 20 heavy (non-hydrogen) atoms. The maximum Gasteiger partial charge on any atom is 0.263 e. The molecule has 1 amide bonds. The van der Waals surface area contributed by atoms with E-state index in [9.17, 15) is 10.0 Å². The van der Waals surface area contributed by atoms with Crippen LogP contribution in [0, 0.1) is 0 Å². The maximum absolute atomic E-state index is 12.4. The van der Waals surface area contributed by atoms with Crippen LogP contribution in [0.3, 0.4) is 0 Å². The van der Waals surface area contributed by atoms with E-state index < -0.39 is 11.1 Å². The number of nitrogens with one attached hydrogen (secondary N) is 1. The average molecular weight is 324 g/mol. The van der Waals surface area contributed by atoms with Crippen LogP contribution in [0.5, 0.6) is 0 Å². The quantitative estimate of drug-likeness (QED) is 0.579. The van der Waals surface area contributed by atoms with Crippen LogP contribution in [-0.2, 0) is 4.79 Å². The van der Waals surface area contributed by atoms with Gasteiger partial charge in [-0.1, -0.05) is 6.08 Å². The second kappa shape index (κ2) is 6.62. The first-order valence-electron chi connectivity index (χ1n) is 6.57. The predicted molar refractivity (Wildman–Crippen MR) is 81.0 cm³/mol. The van der Waals surface area contributed by atoms with Crippen LogP contribution in [0.25, 0.3) is 0 Å². The predicted octanol–water partition coefficient (Wildman–Crippen LogP) is 1.99. The molecule has 0 saturated heterocycles. The number of alkyl halides is 2. The van der Waals surface area contributed by atoms with Crippen molar-refractivity contribution in [1.82, 2.24) is 15.5 Å². The summed E-state index contributed by atoms with van der Waals surface area (Å²) in [5, 5.41) is 13.1. The number of hydrogen-bond acceptors (Lipinski definition) is 4. The number of amides is 1. The fraction of sp³-hybridized carbons (Fsp3) is 0.769. The smallest absolute Gasteiger partial charge is 0.263 e. The Morgan fingerprint density at radius 1 is 1.30 bits per heavy atom. The van der Waals surface area contributed by atoms with Gasteiger partial charge in [-0.05, 0) is 27.7 Å². The Morgan fingerprint density at radius 3 is 2.15 bits per heavy atom. The van der Waals surface area contributed by atoms with Gasteiger partial charge in [0.15, 0.2) is 0 Å². The molecule has 0 aromatic rings. The first-order valence-corrected chi connectivity index (χ1v) is 7.64. The second-order valence-corrected chi connectivity index (χ2v) is 6.64. The zero-order valence-corrected chi connectivity index (χ0v) is 13.9. The Balaban J connectivity index is 2.86. The van der Waals surface area contributed by atoms with E-state index in [2.05, 4.69) is 5.43 Å². The van der Waals surface area contributed by atoms with Gasteiger partial charge in [0.2, 0.25) is 0 Å². The third-order valence-electron chi connectivity index (χ3n) is 3.45. The lowest BCUT2D eigenvalue weighted by molar-refractivity contribution is -0.186. The number of carbonyl (C=O) groups excluding carboxylic acids is 1. The molecule has 116 valence electrons. The van der Waals surface area contributed by atoms with Crippen LogP contribution >= 0.6 is 23.2 Å². The summed E-state index contributed by atoms with van der Waals surface area (Å²) in [7, 11) is 0. The fourth-order valence-corrected chi connectivity index (χ4v) is 2.81. The molecule has 1 aliphatic heterocycles. The van der Waals surface area contributed by atoms with Gasteiger partial charge in [0.05, 0.1) is 11.1 Å². The minimum absolute atomic E-state index is 0.241. The number of hydrogen-bond donors (Lipinski definition) is 2. The molecule has 0 bridgehead atoms. The van der Waals surface area contributed by atoms with Gasteiger partial charge >= 0.3 is 0 Å². The van der Waals surface area contributed by atoms with Crippen LogP contribution in [0.1, 0.15) is 27.7 Å². The van der Waals surface area contributed by atoms with Gasteiger partial charge in [-0.25, -0.2) is 5.01 Å². The highest BCUT2D eigenvalue weighted by Gasteiger charge is 2.47. The van der Waals surface area contributed by atoms with Crippen LogP contribution in [-0.4, -0.2) is 57.1 Å². The summed E-state index contributed by atoms with van der Waals surface area (Å²) in [5.74, 6) is 0.559. The van der Waals surface area contributed by atoms with Crippen molar-refractivity contribution in [3.05, 3.63) is 11.6 Å². The number of hydrazine groups is 1. The molecule has 5 nitrogen and oxygen atoms in total. The molecule has 0 atom stereocenters. The first-order chi connectivity index (χ1) is 9.16. The van der Waals surface area contributed by atoms with Crippen molar-refractivity contribution in [2.45, 2.75) is 38.8 Å². The largest absolute Gasteiger partial charge is 0.312 e. The molecule has 0 aromatic carbocycles. The maximum atomic E-state index is 12.4. The summed E-state index contributed by atoms with van der Waals surface area (Å²) in [5.41, 5.74) is 1.99. The van der Waals surface area contributed by atoms with E-state index in [1.54, 1.807) is 24.9 Å². The average Bonchev–Trinajstić information content (AvgIpc) is 2.50. The number of halogens is 2. The molecular weight excluding hydrogens is 301 g/mol. The van der Waals surface area contributed by atoms with Crippen LogP contribution in [0.2, 0.25) is 0 Å². The summed E-state index contributed by atoms with van der Waals surface area (Å²) in [6.45, 7) is 8.34. The van der Waals surface area contributed by atoms with Crippen molar-refractivity contribution in [3.63, 3.8) is 0 Å². The minimum Gasteiger partial charge on any atom is -0.312 e. The SMILES string of the molecule is CC1(C)C=C(C(=O)NN(CCCl)CCCl)C(C)(C)N1O. The van der Waals surface area contributed by atoms with E-state index in [1.807, 2.05) is 13.8 Å². The molecule has 7 heteroatoms. The van der Waals surface area contributed by atoms with Crippen molar-refractivity contribution < 1.29 is 10.0 Å². The molecule has 0 aromatic heterocycles. The number of hydroxylamine groups is 2. The third-order valence-corrected chi connectivity index (χ3v) is 3.78. The number of nitrogens with zero attached hydrogens (tertiary/aromatic N) is 2. The van der Waals surface area contributed by atoms with Crippen LogP contribution < -0.4 is 5.43 Å². The van der Waals surface area contributed by atoms with Crippen LogP contribution in [0.4, 0.5) is 0 Å². The van der Waals surface area contributed by atoms with E-state index >= 15 is 0 Å². The topological polar surface area (TPSA) is 55.8 Å². The van der Waals surface area contributed by atoms with Gasteiger partial charge in [0, 0.05) is 30.4 Å². The molecule has 2 N–H and O–H groups in total.